The van der Waals surface area contributed by atoms with Gasteiger partial charge >= 0.3 is 0 Å². The maximum atomic E-state index is 13.5. The van der Waals surface area contributed by atoms with Gasteiger partial charge in [-0.2, -0.15) is 0 Å². The van der Waals surface area contributed by atoms with Gasteiger partial charge in [-0.25, -0.2) is 4.98 Å². The number of aryl methyl sites for hydroxylation is 2. The zero-order valence-corrected chi connectivity index (χ0v) is 25.1. The Kier molecular flexibility index (Phi) is 8.83. The summed E-state index contributed by atoms with van der Waals surface area (Å²) in [5.74, 6) is 0.0472. The van der Waals surface area contributed by atoms with Gasteiger partial charge in [0.25, 0.3) is 11.5 Å². The van der Waals surface area contributed by atoms with E-state index in [1.54, 1.807) is 16.8 Å². The van der Waals surface area contributed by atoms with Crippen molar-refractivity contribution in [1.82, 2.24) is 24.1 Å². The standard InChI is InChI=1S/C28H28ClN7O3S2/c1-16(2)39-13-7-12-35-22(30)19(14-20-24(35)31-23-17(3)8-6-11-36(23)26(20)38)25(37)32-27-33-34-28(41-27)40-15-18-9-4-5-10-21(18)29/h4-6,8-11,14,16,30H,7,12-13,15H2,1-3H3,(H,32,33,37). The monoisotopic (exact) mass is 609 g/mol. The van der Waals surface area contributed by atoms with E-state index in [9.17, 15) is 9.59 Å². The topological polar surface area (TPSA) is 127 Å². The maximum Gasteiger partial charge on any atom is 0.267 e. The fraction of sp³-hybridized carbons (Fsp3) is 0.286. The smallest absolute Gasteiger partial charge is 0.267 e. The molecule has 10 nitrogen and oxygen atoms in total. The summed E-state index contributed by atoms with van der Waals surface area (Å²) >= 11 is 8.93. The number of nitrogens with zero attached hydrogens (tertiary/aromatic N) is 5. The maximum absolute atomic E-state index is 13.5. The summed E-state index contributed by atoms with van der Waals surface area (Å²) in [6.45, 7) is 6.59. The van der Waals surface area contributed by atoms with Gasteiger partial charge in [-0.3, -0.25) is 24.7 Å². The molecule has 5 aromatic rings. The number of thioether (sulfide) groups is 1. The molecule has 5 rings (SSSR count). The van der Waals surface area contributed by atoms with Gasteiger partial charge in [0.1, 0.15) is 16.8 Å². The fourth-order valence-electron chi connectivity index (χ4n) is 4.27. The molecule has 4 heterocycles. The molecule has 2 N–H and O–H groups in total. The minimum atomic E-state index is -0.559. The van der Waals surface area contributed by atoms with E-state index in [4.69, 9.17) is 26.7 Å². The molecule has 4 aromatic heterocycles. The summed E-state index contributed by atoms with van der Waals surface area (Å²) in [5, 5.41) is 21.1. The third-order valence-electron chi connectivity index (χ3n) is 6.29. The zero-order valence-electron chi connectivity index (χ0n) is 22.7. The van der Waals surface area contributed by atoms with Crippen LogP contribution in [0.15, 0.2) is 57.8 Å². The first-order valence-electron chi connectivity index (χ1n) is 13.0. The number of nitrogens with one attached hydrogen (secondary N) is 2. The van der Waals surface area contributed by atoms with Crippen LogP contribution in [0, 0.1) is 12.3 Å². The van der Waals surface area contributed by atoms with Gasteiger partial charge in [-0.1, -0.05) is 59.0 Å². The Morgan fingerprint density at radius 2 is 2.00 bits per heavy atom. The van der Waals surface area contributed by atoms with E-state index in [1.807, 2.05) is 51.1 Å². The van der Waals surface area contributed by atoms with E-state index in [1.165, 1.54) is 33.6 Å². The number of rotatable bonds is 10. The number of halogens is 1. The molecule has 212 valence electrons. The van der Waals surface area contributed by atoms with Gasteiger partial charge in [0.15, 0.2) is 4.34 Å². The van der Waals surface area contributed by atoms with Crippen molar-refractivity contribution in [2.24, 2.45) is 0 Å². The van der Waals surface area contributed by atoms with Crippen molar-refractivity contribution in [3.8, 4) is 0 Å². The molecule has 0 aliphatic rings. The van der Waals surface area contributed by atoms with Crippen molar-refractivity contribution in [2.75, 3.05) is 11.9 Å². The van der Waals surface area contributed by atoms with Gasteiger partial charge in [-0.05, 0) is 56.5 Å². The second-order valence-electron chi connectivity index (χ2n) is 9.58. The Hall–Kier alpha value is -3.58. The summed E-state index contributed by atoms with van der Waals surface area (Å²) in [4.78, 5) is 31.7. The van der Waals surface area contributed by atoms with E-state index in [0.717, 1.165) is 11.1 Å². The molecule has 0 aliphatic carbocycles. The molecule has 0 aliphatic heterocycles. The molecule has 0 unspecified atom stereocenters. The lowest BCUT2D eigenvalue weighted by molar-refractivity contribution is 0.0748. The summed E-state index contributed by atoms with van der Waals surface area (Å²) < 4.78 is 9.40. The SMILES string of the molecule is Cc1cccn2c(=O)c3cc(C(=O)Nc4nnc(SCc5ccccc5Cl)s4)c(=N)n(CCCOC(C)C)c3nc12. The number of benzene rings is 1. The van der Waals surface area contributed by atoms with Crippen LogP contribution in [-0.2, 0) is 17.0 Å². The molecule has 0 radical (unpaired) electrons. The number of fused-ring (bicyclic) bond motifs is 2. The average molecular weight is 610 g/mol. The highest BCUT2D eigenvalue weighted by atomic mass is 35.5. The summed E-state index contributed by atoms with van der Waals surface area (Å²) in [6.07, 6.45) is 2.29. The van der Waals surface area contributed by atoms with E-state index < -0.39 is 5.91 Å². The first-order valence-corrected chi connectivity index (χ1v) is 15.1. The molecule has 0 bridgehead atoms. The molecular formula is C28H28ClN7O3S2. The van der Waals surface area contributed by atoms with Gasteiger partial charge in [0.05, 0.1) is 17.1 Å². The van der Waals surface area contributed by atoms with Gasteiger partial charge in [0.2, 0.25) is 5.13 Å². The van der Waals surface area contributed by atoms with Crippen LogP contribution in [0.4, 0.5) is 5.13 Å². The average Bonchev–Trinajstić information content (AvgIpc) is 3.39. The third-order valence-corrected chi connectivity index (χ3v) is 8.68. The number of carbonyl (C=O) groups excluding carboxylic acids is 1. The molecular weight excluding hydrogens is 582 g/mol. The van der Waals surface area contributed by atoms with Crippen molar-refractivity contribution >= 4 is 62.4 Å². The van der Waals surface area contributed by atoms with Crippen molar-refractivity contribution in [2.45, 2.75) is 49.9 Å². The highest BCUT2D eigenvalue weighted by molar-refractivity contribution is 8.00. The van der Waals surface area contributed by atoms with Crippen LogP contribution in [0.1, 0.15) is 41.8 Å². The number of aromatic nitrogens is 5. The Balaban J connectivity index is 1.46. The number of carbonyl (C=O) groups is 1. The van der Waals surface area contributed by atoms with Crippen LogP contribution in [0.25, 0.3) is 16.7 Å². The second-order valence-corrected chi connectivity index (χ2v) is 12.2. The second kappa shape index (κ2) is 12.5. The highest BCUT2D eigenvalue weighted by Crippen LogP contribution is 2.30. The Bertz CT molecular complexity index is 1870. The summed E-state index contributed by atoms with van der Waals surface area (Å²) in [6, 6.07) is 12.7. The van der Waals surface area contributed by atoms with E-state index in [2.05, 4.69) is 15.5 Å². The number of pyridine rings is 2. The third kappa shape index (κ3) is 6.35. The number of anilines is 1. The van der Waals surface area contributed by atoms with Crippen molar-refractivity contribution in [3.05, 3.63) is 86.2 Å². The quantitative estimate of drug-likeness (QED) is 0.0951. The number of amides is 1. The molecule has 0 fully saturated rings. The minimum Gasteiger partial charge on any atom is -0.379 e. The highest BCUT2D eigenvalue weighted by Gasteiger charge is 2.19. The predicted octanol–water partition coefficient (Wildman–Crippen LogP) is 5.30. The number of hydrogen-bond acceptors (Lipinski definition) is 9. The molecule has 1 aromatic carbocycles. The van der Waals surface area contributed by atoms with Crippen LogP contribution in [0.2, 0.25) is 5.02 Å². The molecule has 0 atom stereocenters. The van der Waals surface area contributed by atoms with Crippen LogP contribution < -0.4 is 16.4 Å². The van der Waals surface area contributed by atoms with Gasteiger partial charge in [0, 0.05) is 30.1 Å². The largest absolute Gasteiger partial charge is 0.379 e. The van der Waals surface area contributed by atoms with E-state index >= 15 is 0 Å². The summed E-state index contributed by atoms with van der Waals surface area (Å²) in [5.41, 5.74) is 2.32. The van der Waals surface area contributed by atoms with Crippen molar-refractivity contribution in [1.29, 1.82) is 5.41 Å². The van der Waals surface area contributed by atoms with Crippen molar-refractivity contribution in [3.63, 3.8) is 0 Å². The molecule has 13 heteroatoms. The lowest BCUT2D eigenvalue weighted by Gasteiger charge is -2.15. The predicted molar refractivity (Wildman–Crippen MR) is 162 cm³/mol. The van der Waals surface area contributed by atoms with Crippen LogP contribution in [0.5, 0.6) is 0 Å². The Morgan fingerprint density at radius 1 is 1.20 bits per heavy atom. The Morgan fingerprint density at radius 3 is 2.78 bits per heavy atom. The van der Waals surface area contributed by atoms with Crippen LogP contribution in [-0.4, -0.2) is 42.8 Å². The van der Waals surface area contributed by atoms with E-state index in [0.29, 0.717) is 46.0 Å². The van der Waals surface area contributed by atoms with Crippen LogP contribution in [0.3, 0.4) is 0 Å². The lowest BCUT2D eigenvalue weighted by atomic mass is 10.2. The molecule has 0 saturated carbocycles. The molecule has 0 saturated heterocycles. The minimum absolute atomic E-state index is 0.0363. The lowest BCUT2D eigenvalue weighted by Crippen LogP contribution is -2.32. The van der Waals surface area contributed by atoms with Crippen molar-refractivity contribution < 1.29 is 9.53 Å². The molecule has 1 amide bonds. The van der Waals surface area contributed by atoms with Crippen LogP contribution >= 0.6 is 34.7 Å². The number of ether oxygens (including phenoxy) is 1. The normalized spacial score (nSPS) is 11.5. The van der Waals surface area contributed by atoms with E-state index in [-0.39, 0.29) is 33.2 Å². The van der Waals surface area contributed by atoms with Gasteiger partial charge < -0.3 is 9.30 Å². The summed E-state index contributed by atoms with van der Waals surface area (Å²) in [7, 11) is 0. The Labute approximate surface area is 248 Å². The van der Waals surface area contributed by atoms with Gasteiger partial charge in [-0.15, -0.1) is 10.2 Å². The number of hydrogen-bond donors (Lipinski definition) is 2. The molecule has 0 spiro atoms. The fourth-order valence-corrected chi connectivity index (χ4v) is 6.30. The molecule has 41 heavy (non-hydrogen) atoms. The zero-order chi connectivity index (χ0) is 29.1. The first-order chi connectivity index (χ1) is 19.7. The first kappa shape index (κ1) is 28.9.